The third-order valence-corrected chi connectivity index (χ3v) is 6.38. The molecule has 0 spiro atoms. The summed E-state index contributed by atoms with van der Waals surface area (Å²) in [5.41, 5.74) is 1.29. The number of anilines is 2. The summed E-state index contributed by atoms with van der Waals surface area (Å²) >= 11 is 0. The molecule has 0 aliphatic heterocycles. The molecule has 2 rings (SSSR count). The van der Waals surface area contributed by atoms with Gasteiger partial charge in [0, 0.05) is 10.8 Å². The first kappa shape index (κ1) is 27.5. The molecule has 2 aromatic carbocycles. The lowest BCUT2D eigenvalue weighted by Crippen LogP contribution is -2.19. The van der Waals surface area contributed by atoms with Crippen LogP contribution in [0.25, 0.3) is 10.8 Å². The molecule has 0 radical (unpaired) electrons. The Morgan fingerprint density at radius 1 is 0.706 bits per heavy atom. The van der Waals surface area contributed by atoms with Crippen molar-refractivity contribution in [3.05, 3.63) is 36.4 Å². The Bertz CT molecular complexity index is 826. The van der Waals surface area contributed by atoms with Crippen LogP contribution in [0.5, 0.6) is 0 Å². The Hall–Kier alpha value is -2.76. The van der Waals surface area contributed by atoms with Gasteiger partial charge in [-0.05, 0) is 36.8 Å². The van der Waals surface area contributed by atoms with Crippen LogP contribution in [-0.4, -0.2) is 25.4 Å². The number of carbonyl (C=O) groups is 2. The second-order valence-electron chi connectivity index (χ2n) is 8.99. The number of amides is 2. The quantitative estimate of drug-likeness (QED) is 0.291. The van der Waals surface area contributed by atoms with Gasteiger partial charge in [-0.3, -0.25) is 10.6 Å². The molecule has 0 fully saturated rings. The first-order chi connectivity index (χ1) is 16.5. The fourth-order valence-corrected chi connectivity index (χ4v) is 4.00. The van der Waals surface area contributed by atoms with Crippen LogP contribution in [0.15, 0.2) is 36.4 Å². The van der Waals surface area contributed by atoms with Crippen LogP contribution in [0.2, 0.25) is 0 Å². The number of fused-ring (bicyclic) bond motifs is 1. The molecule has 0 aromatic heterocycles. The fourth-order valence-electron chi connectivity index (χ4n) is 4.00. The number of unbranched alkanes of at least 4 members (excludes halogenated alkanes) is 2. The van der Waals surface area contributed by atoms with Gasteiger partial charge in [-0.2, -0.15) is 0 Å². The number of hydrogen-bond donors (Lipinski definition) is 2. The van der Waals surface area contributed by atoms with Crippen molar-refractivity contribution in [2.45, 2.75) is 79.1 Å². The summed E-state index contributed by atoms with van der Waals surface area (Å²) in [5, 5.41) is 7.37. The maximum atomic E-state index is 12.4. The lowest BCUT2D eigenvalue weighted by atomic mass is 10.0. The molecule has 0 heterocycles. The van der Waals surface area contributed by atoms with Gasteiger partial charge in [0.25, 0.3) is 0 Å². The van der Waals surface area contributed by atoms with Crippen LogP contribution in [0.3, 0.4) is 0 Å². The standard InChI is InChI=1S/C28H42N2O4/c1-5-9-13-21(7-3)19-33-27(31)29-25-17-11-16-24-23(25)15-12-18-26(24)30-28(32)34-20-22(8-4)14-10-6-2/h11-12,15-18,21-22H,5-10,13-14,19-20H2,1-4H3,(H,29,31)(H,30,32). The highest BCUT2D eigenvalue weighted by Gasteiger charge is 2.14. The predicted molar refractivity (Wildman–Crippen MR) is 141 cm³/mol. The first-order valence-electron chi connectivity index (χ1n) is 12.9. The molecule has 2 amide bonds. The molecule has 6 nitrogen and oxygen atoms in total. The minimum absolute atomic E-state index is 0.384. The van der Waals surface area contributed by atoms with Gasteiger partial charge >= 0.3 is 12.2 Å². The molecule has 2 atom stereocenters. The van der Waals surface area contributed by atoms with E-state index in [1.54, 1.807) is 0 Å². The van der Waals surface area contributed by atoms with Crippen LogP contribution in [0, 0.1) is 11.8 Å². The minimum atomic E-state index is -0.460. The Labute approximate surface area is 204 Å². The summed E-state index contributed by atoms with van der Waals surface area (Å²) < 4.78 is 11.0. The van der Waals surface area contributed by atoms with Gasteiger partial charge in [0.2, 0.25) is 0 Å². The SMILES string of the molecule is CCCCC(CC)COC(=O)Nc1cccc2c(NC(=O)OCC(CC)CCCC)cccc12. The zero-order valence-electron chi connectivity index (χ0n) is 21.3. The van der Waals surface area contributed by atoms with E-state index in [-0.39, 0.29) is 0 Å². The molecule has 0 aliphatic carbocycles. The van der Waals surface area contributed by atoms with E-state index in [1.807, 2.05) is 36.4 Å². The van der Waals surface area contributed by atoms with Gasteiger partial charge in [-0.15, -0.1) is 0 Å². The molecule has 6 heteroatoms. The van der Waals surface area contributed by atoms with E-state index in [1.165, 1.54) is 0 Å². The van der Waals surface area contributed by atoms with Crippen LogP contribution >= 0.6 is 0 Å². The van der Waals surface area contributed by atoms with Crippen molar-refractivity contribution in [2.24, 2.45) is 11.8 Å². The summed E-state index contributed by atoms with van der Waals surface area (Å²) in [4.78, 5) is 24.9. The van der Waals surface area contributed by atoms with Gasteiger partial charge in [0.15, 0.2) is 0 Å². The van der Waals surface area contributed by atoms with Crippen LogP contribution in [0.4, 0.5) is 21.0 Å². The molecule has 2 aromatic rings. The van der Waals surface area contributed by atoms with Crippen LogP contribution in [0.1, 0.15) is 79.1 Å². The van der Waals surface area contributed by atoms with E-state index < -0.39 is 12.2 Å². The number of rotatable bonds is 14. The summed E-state index contributed by atoms with van der Waals surface area (Å²) in [6, 6.07) is 11.2. The molecular formula is C28H42N2O4. The normalized spacial score (nSPS) is 12.7. The first-order valence-corrected chi connectivity index (χ1v) is 12.9. The largest absolute Gasteiger partial charge is 0.449 e. The Morgan fingerprint density at radius 3 is 1.47 bits per heavy atom. The molecule has 0 aliphatic rings. The average Bonchev–Trinajstić information content (AvgIpc) is 2.85. The number of nitrogens with one attached hydrogen (secondary N) is 2. The molecule has 0 saturated heterocycles. The Kier molecular flexibility index (Phi) is 12.3. The van der Waals surface area contributed by atoms with Gasteiger partial charge in [-0.25, -0.2) is 9.59 Å². The van der Waals surface area contributed by atoms with Crippen molar-refractivity contribution in [3.8, 4) is 0 Å². The zero-order chi connectivity index (χ0) is 24.8. The minimum Gasteiger partial charge on any atom is -0.449 e. The van der Waals surface area contributed by atoms with E-state index in [2.05, 4.69) is 38.3 Å². The second-order valence-corrected chi connectivity index (χ2v) is 8.99. The van der Waals surface area contributed by atoms with Gasteiger partial charge in [0.05, 0.1) is 24.6 Å². The molecule has 2 unspecified atom stereocenters. The molecule has 0 saturated carbocycles. The smallest absolute Gasteiger partial charge is 0.411 e. The highest BCUT2D eigenvalue weighted by Crippen LogP contribution is 2.29. The molecule has 34 heavy (non-hydrogen) atoms. The summed E-state index contributed by atoms with van der Waals surface area (Å²) in [6.07, 6.45) is 7.76. The summed E-state index contributed by atoms with van der Waals surface area (Å²) in [5.74, 6) is 0.767. The zero-order valence-corrected chi connectivity index (χ0v) is 21.3. The van der Waals surface area contributed by atoms with Crippen LogP contribution in [-0.2, 0) is 9.47 Å². The molecule has 188 valence electrons. The topological polar surface area (TPSA) is 76.7 Å². The Morgan fingerprint density at radius 2 is 1.12 bits per heavy atom. The van der Waals surface area contributed by atoms with Gasteiger partial charge in [-0.1, -0.05) is 90.5 Å². The fraction of sp³-hybridized carbons (Fsp3) is 0.571. The number of benzene rings is 2. The Balaban J connectivity index is 2.01. The van der Waals surface area contributed by atoms with Crippen molar-refractivity contribution in [1.29, 1.82) is 0 Å². The van der Waals surface area contributed by atoms with Gasteiger partial charge < -0.3 is 9.47 Å². The number of hydrogen-bond acceptors (Lipinski definition) is 4. The van der Waals surface area contributed by atoms with Crippen molar-refractivity contribution in [2.75, 3.05) is 23.8 Å². The van der Waals surface area contributed by atoms with E-state index in [4.69, 9.17) is 9.47 Å². The third kappa shape index (κ3) is 8.88. The van der Waals surface area contributed by atoms with Crippen LogP contribution < -0.4 is 10.6 Å². The lowest BCUT2D eigenvalue weighted by molar-refractivity contribution is 0.135. The predicted octanol–water partition coefficient (Wildman–Crippen LogP) is 8.37. The highest BCUT2D eigenvalue weighted by molar-refractivity contribution is 6.07. The monoisotopic (exact) mass is 470 g/mol. The number of ether oxygens (including phenoxy) is 2. The number of carbonyl (C=O) groups excluding carboxylic acids is 2. The maximum Gasteiger partial charge on any atom is 0.411 e. The van der Waals surface area contributed by atoms with Crippen molar-refractivity contribution in [1.82, 2.24) is 0 Å². The van der Waals surface area contributed by atoms with Crippen molar-refractivity contribution < 1.29 is 19.1 Å². The third-order valence-electron chi connectivity index (χ3n) is 6.38. The van der Waals surface area contributed by atoms with E-state index in [0.29, 0.717) is 36.4 Å². The van der Waals surface area contributed by atoms with E-state index in [0.717, 1.165) is 62.1 Å². The average molecular weight is 471 g/mol. The molecule has 0 bridgehead atoms. The highest BCUT2D eigenvalue weighted by atomic mass is 16.6. The molecular weight excluding hydrogens is 428 g/mol. The summed E-state index contributed by atoms with van der Waals surface area (Å²) in [7, 11) is 0. The lowest BCUT2D eigenvalue weighted by Gasteiger charge is -2.17. The molecule has 2 N–H and O–H groups in total. The van der Waals surface area contributed by atoms with Crippen molar-refractivity contribution >= 4 is 34.3 Å². The van der Waals surface area contributed by atoms with Crippen molar-refractivity contribution in [3.63, 3.8) is 0 Å². The second kappa shape index (κ2) is 15.2. The van der Waals surface area contributed by atoms with E-state index in [9.17, 15) is 9.59 Å². The summed E-state index contributed by atoms with van der Waals surface area (Å²) in [6.45, 7) is 9.42. The maximum absolute atomic E-state index is 12.4. The van der Waals surface area contributed by atoms with E-state index >= 15 is 0 Å². The van der Waals surface area contributed by atoms with Gasteiger partial charge in [0.1, 0.15) is 0 Å².